The van der Waals surface area contributed by atoms with Crippen molar-refractivity contribution in [3.05, 3.63) is 44.3 Å². The van der Waals surface area contributed by atoms with Crippen molar-refractivity contribution < 1.29 is 14.8 Å². The molecule has 0 aromatic carbocycles. The number of nitrogens with zero attached hydrogens (tertiary/aromatic N) is 4. The lowest BCUT2D eigenvalue weighted by Gasteiger charge is -2.02. The van der Waals surface area contributed by atoms with E-state index in [1.165, 1.54) is 0 Å². The Balaban J connectivity index is 2.60. The molecule has 0 bridgehead atoms. The Morgan fingerprint density at radius 1 is 1.58 bits per heavy atom. The average Bonchev–Trinajstić information content (AvgIpc) is 2.73. The predicted molar refractivity (Wildman–Crippen MR) is 67.4 cm³/mol. The summed E-state index contributed by atoms with van der Waals surface area (Å²) in [5.74, 6) is -1.19. The normalized spacial score (nSPS) is 10.4. The van der Waals surface area contributed by atoms with Gasteiger partial charge in [-0.15, -0.1) is 0 Å². The minimum absolute atomic E-state index is 0.279. The number of hydrogen-bond donors (Lipinski definition) is 1. The molecule has 2 aromatic rings. The Labute approximate surface area is 115 Å². The van der Waals surface area contributed by atoms with Crippen LogP contribution in [0.25, 0.3) is 5.82 Å². The molecule has 2 heterocycles. The SMILES string of the molecule is Cc1cnc(-n2cc([N+](=O)[O-])c(C(=O)O)n2)c(Br)c1. The van der Waals surface area contributed by atoms with E-state index in [2.05, 4.69) is 26.0 Å². The van der Waals surface area contributed by atoms with E-state index in [1.807, 2.05) is 6.92 Å². The van der Waals surface area contributed by atoms with Crippen molar-refractivity contribution in [3.8, 4) is 5.82 Å². The molecule has 2 aromatic heterocycles. The van der Waals surface area contributed by atoms with Crippen molar-refractivity contribution >= 4 is 27.6 Å². The fourth-order valence-corrected chi connectivity index (χ4v) is 2.10. The van der Waals surface area contributed by atoms with Crippen molar-refractivity contribution in [2.45, 2.75) is 6.92 Å². The molecule has 0 saturated carbocycles. The van der Waals surface area contributed by atoms with Crippen LogP contribution in [0.1, 0.15) is 16.1 Å². The minimum atomic E-state index is -1.46. The number of carbonyl (C=O) groups is 1. The fourth-order valence-electron chi connectivity index (χ4n) is 1.45. The summed E-state index contributed by atoms with van der Waals surface area (Å²) in [4.78, 5) is 24.9. The van der Waals surface area contributed by atoms with Gasteiger partial charge in [0.05, 0.1) is 9.40 Å². The van der Waals surface area contributed by atoms with Gasteiger partial charge in [-0.1, -0.05) is 0 Å². The molecule has 0 radical (unpaired) electrons. The van der Waals surface area contributed by atoms with Crippen LogP contribution >= 0.6 is 15.9 Å². The van der Waals surface area contributed by atoms with E-state index >= 15 is 0 Å². The maximum absolute atomic E-state index is 10.9. The Morgan fingerprint density at radius 2 is 2.26 bits per heavy atom. The largest absolute Gasteiger partial charge is 0.476 e. The van der Waals surface area contributed by atoms with Crippen LogP contribution in [0.4, 0.5) is 5.69 Å². The molecule has 2 rings (SSSR count). The van der Waals surface area contributed by atoms with E-state index in [0.29, 0.717) is 4.47 Å². The first-order chi connectivity index (χ1) is 8.90. The molecule has 0 unspecified atom stereocenters. The smallest absolute Gasteiger partial charge is 0.363 e. The molecule has 0 aliphatic rings. The zero-order chi connectivity index (χ0) is 14.2. The van der Waals surface area contributed by atoms with Gasteiger partial charge in [0, 0.05) is 6.20 Å². The van der Waals surface area contributed by atoms with Gasteiger partial charge in [-0.05, 0) is 34.5 Å². The number of aromatic nitrogens is 3. The summed E-state index contributed by atoms with van der Waals surface area (Å²) in [5, 5.41) is 23.3. The quantitative estimate of drug-likeness (QED) is 0.681. The monoisotopic (exact) mass is 326 g/mol. The van der Waals surface area contributed by atoms with E-state index in [0.717, 1.165) is 16.4 Å². The molecule has 0 aliphatic carbocycles. The molecule has 0 spiro atoms. The van der Waals surface area contributed by atoms with Crippen molar-refractivity contribution in [1.82, 2.24) is 14.8 Å². The topological polar surface area (TPSA) is 111 Å². The zero-order valence-corrected chi connectivity index (χ0v) is 11.2. The molecule has 8 nitrogen and oxygen atoms in total. The molecule has 0 saturated heterocycles. The average molecular weight is 327 g/mol. The number of aromatic carboxylic acids is 1. The summed E-state index contributed by atoms with van der Waals surface area (Å²) >= 11 is 3.25. The van der Waals surface area contributed by atoms with Gasteiger partial charge < -0.3 is 5.11 Å². The molecule has 0 amide bonds. The van der Waals surface area contributed by atoms with E-state index < -0.39 is 22.3 Å². The highest BCUT2D eigenvalue weighted by Crippen LogP contribution is 2.23. The molecule has 0 aliphatic heterocycles. The number of carboxylic acids is 1. The molecular formula is C10H7BrN4O4. The van der Waals surface area contributed by atoms with Crippen LogP contribution in [0.15, 0.2) is 22.9 Å². The maximum atomic E-state index is 10.9. The molecule has 19 heavy (non-hydrogen) atoms. The second-order valence-corrected chi connectivity index (χ2v) is 4.54. The van der Waals surface area contributed by atoms with E-state index in [4.69, 9.17) is 5.11 Å². The third kappa shape index (κ3) is 2.45. The highest BCUT2D eigenvalue weighted by molar-refractivity contribution is 9.10. The molecule has 0 fully saturated rings. The molecule has 1 N–H and O–H groups in total. The van der Waals surface area contributed by atoms with E-state index in [-0.39, 0.29) is 5.82 Å². The summed E-state index contributed by atoms with van der Waals surface area (Å²) in [5.41, 5.74) is -0.322. The number of rotatable bonds is 3. The van der Waals surface area contributed by atoms with Crippen LogP contribution in [0.2, 0.25) is 0 Å². The minimum Gasteiger partial charge on any atom is -0.476 e. The molecule has 9 heteroatoms. The Hall–Kier alpha value is -2.29. The van der Waals surface area contributed by atoms with Crippen molar-refractivity contribution in [2.24, 2.45) is 0 Å². The lowest BCUT2D eigenvalue weighted by Crippen LogP contribution is -2.04. The Bertz CT molecular complexity index is 651. The van der Waals surface area contributed by atoms with Gasteiger partial charge in [0.1, 0.15) is 6.20 Å². The number of nitro groups is 1. The second kappa shape index (κ2) is 4.76. The summed E-state index contributed by atoms with van der Waals surface area (Å²) in [6.45, 7) is 1.83. The summed E-state index contributed by atoms with van der Waals surface area (Å²) in [6, 6.07) is 1.75. The van der Waals surface area contributed by atoms with E-state index in [1.54, 1.807) is 12.3 Å². The van der Waals surface area contributed by atoms with E-state index in [9.17, 15) is 14.9 Å². The van der Waals surface area contributed by atoms with Gasteiger partial charge >= 0.3 is 11.7 Å². The first-order valence-corrected chi connectivity index (χ1v) is 5.79. The van der Waals surface area contributed by atoms with Crippen LogP contribution in [0, 0.1) is 17.0 Å². The van der Waals surface area contributed by atoms with Crippen molar-refractivity contribution in [1.29, 1.82) is 0 Å². The number of aryl methyl sites for hydroxylation is 1. The van der Waals surface area contributed by atoms with Gasteiger partial charge in [0.25, 0.3) is 0 Å². The van der Waals surface area contributed by atoms with Crippen LogP contribution in [0.3, 0.4) is 0 Å². The third-order valence-electron chi connectivity index (χ3n) is 2.27. The standard InChI is InChI=1S/C10H7BrN4O4/c1-5-2-6(11)9(12-3-5)14-4-7(15(18)19)8(13-14)10(16)17/h2-4H,1H3,(H,16,17). The number of carboxylic acid groups (broad SMARTS) is 1. The van der Waals surface area contributed by atoms with Gasteiger partial charge in [-0.3, -0.25) is 10.1 Å². The second-order valence-electron chi connectivity index (χ2n) is 3.69. The lowest BCUT2D eigenvalue weighted by molar-refractivity contribution is -0.385. The zero-order valence-electron chi connectivity index (χ0n) is 9.57. The predicted octanol–water partition coefficient (Wildman–Crippen LogP) is 1.94. The lowest BCUT2D eigenvalue weighted by atomic mass is 10.3. The fraction of sp³-hybridized carbons (Fsp3) is 0.100. The summed E-state index contributed by atoms with van der Waals surface area (Å²) in [6.07, 6.45) is 2.57. The number of pyridine rings is 1. The molecule has 0 atom stereocenters. The van der Waals surface area contributed by atoms with Crippen molar-refractivity contribution in [3.63, 3.8) is 0 Å². The highest BCUT2D eigenvalue weighted by Gasteiger charge is 2.26. The Kier molecular flexibility index (Phi) is 3.30. The third-order valence-corrected chi connectivity index (χ3v) is 2.85. The molecule has 98 valence electrons. The number of halogens is 1. The first kappa shape index (κ1) is 13.1. The van der Waals surface area contributed by atoms with Crippen LogP contribution in [0.5, 0.6) is 0 Å². The van der Waals surface area contributed by atoms with Crippen LogP contribution in [-0.2, 0) is 0 Å². The number of hydrogen-bond acceptors (Lipinski definition) is 5. The van der Waals surface area contributed by atoms with Gasteiger partial charge in [-0.25, -0.2) is 14.5 Å². The first-order valence-electron chi connectivity index (χ1n) is 5.00. The van der Waals surface area contributed by atoms with Crippen LogP contribution < -0.4 is 0 Å². The Morgan fingerprint density at radius 3 is 2.74 bits per heavy atom. The summed E-state index contributed by atoms with van der Waals surface area (Å²) in [7, 11) is 0. The van der Waals surface area contributed by atoms with Crippen molar-refractivity contribution in [2.75, 3.05) is 0 Å². The van der Waals surface area contributed by atoms with Gasteiger partial charge in [-0.2, -0.15) is 5.10 Å². The van der Waals surface area contributed by atoms with Gasteiger partial charge in [0.15, 0.2) is 5.82 Å². The summed E-state index contributed by atoms with van der Waals surface area (Å²) < 4.78 is 1.62. The molecular weight excluding hydrogens is 320 g/mol. The maximum Gasteiger partial charge on any atom is 0.363 e. The van der Waals surface area contributed by atoms with Crippen LogP contribution in [-0.4, -0.2) is 30.8 Å². The van der Waals surface area contributed by atoms with Gasteiger partial charge in [0.2, 0.25) is 5.69 Å². The highest BCUT2D eigenvalue weighted by atomic mass is 79.9.